The monoisotopic (exact) mass is 432 g/mol. The Hall–Kier alpha value is -2.99. The van der Waals surface area contributed by atoms with Gasteiger partial charge in [0.1, 0.15) is 0 Å². The molecule has 3 amide bonds. The third-order valence-electron chi connectivity index (χ3n) is 6.96. The number of carbonyl (C=O) groups excluding carboxylic acids is 3. The number of ether oxygens (including phenoxy) is 1. The van der Waals surface area contributed by atoms with E-state index in [4.69, 9.17) is 4.74 Å². The number of nitrogens with one attached hydrogen (secondary N) is 1. The van der Waals surface area contributed by atoms with Gasteiger partial charge in [0.2, 0.25) is 11.8 Å². The molecule has 3 heterocycles. The number of likely N-dealkylation sites (tertiary alicyclic amines) is 1. The molecule has 2 bridgehead atoms. The van der Waals surface area contributed by atoms with Crippen LogP contribution >= 0.6 is 0 Å². The minimum atomic E-state index is -0.306. The van der Waals surface area contributed by atoms with Gasteiger partial charge in [-0.25, -0.2) is 0 Å². The van der Waals surface area contributed by atoms with E-state index in [1.165, 1.54) is 10.5 Å². The molecular weight excluding hydrogens is 404 g/mol. The third kappa shape index (κ3) is 3.73. The number of unbranched alkanes of at least 4 members (excludes halogenated alkanes) is 1. The molecule has 166 valence electrons. The van der Waals surface area contributed by atoms with E-state index < -0.39 is 0 Å². The van der Waals surface area contributed by atoms with Crippen molar-refractivity contribution >= 4 is 23.4 Å². The van der Waals surface area contributed by atoms with E-state index in [1.54, 1.807) is 12.1 Å². The number of carbonyl (C=O) groups is 3. The number of hydrogen-bond donors (Lipinski definition) is 1. The Morgan fingerprint density at radius 3 is 2.12 bits per heavy atom. The third-order valence-corrected chi connectivity index (χ3v) is 6.96. The maximum absolute atomic E-state index is 12.8. The van der Waals surface area contributed by atoms with Gasteiger partial charge in [-0.2, -0.15) is 0 Å². The van der Waals surface area contributed by atoms with E-state index in [0.29, 0.717) is 5.56 Å². The summed E-state index contributed by atoms with van der Waals surface area (Å²) in [4.78, 5) is 39.6. The average molecular weight is 433 g/mol. The van der Waals surface area contributed by atoms with Crippen LogP contribution in [-0.4, -0.2) is 34.8 Å². The summed E-state index contributed by atoms with van der Waals surface area (Å²) in [6, 6.07) is 15.0. The van der Waals surface area contributed by atoms with Gasteiger partial charge in [0, 0.05) is 11.3 Å². The highest BCUT2D eigenvalue weighted by Gasteiger charge is 2.62. The Morgan fingerprint density at radius 2 is 1.53 bits per heavy atom. The van der Waals surface area contributed by atoms with Crippen molar-refractivity contribution in [1.29, 1.82) is 0 Å². The lowest BCUT2D eigenvalue weighted by atomic mass is 9.81. The Balaban J connectivity index is 1.20. The summed E-state index contributed by atoms with van der Waals surface area (Å²) in [7, 11) is 0. The number of benzene rings is 2. The molecule has 6 nitrogen and oxygen atoms in total. The van der Waals surface area contributed by atoms with Crippen molar-refractivity contribution < 1.29 is 19.1 Å². The molecule has 0 spiro atoms. The topological polar surface area (TPSA) is 75.7 Å². The number of rotatable bonds is 7. The normalized spacial score (nSPS) is 26.0. The Bertz CT molecular complexity index is 1000. The van der Waals surface area contributed by atoms with Gasteiger partial charge < -0.3 is 10.1 Å². The second-order valence-corrected chi connectivity index (χ2v) is 9.06. The van der Waals surface area contributed by atoms with Crippen molar-refractivity contribution in [3.63, 3.8) is 0 Å². The van der Waals surface area contributed by atoms with Crippen LogP contribution in [0.15, 0.2) is 48.5 Å². The Labute approximate surface area is 187 Å². The molecule has 6 heteroatoms. The molecule has 0 radical (unpaired) electrons. The minimum absolute atomic E-state index is 0.0989. The van der Waals surface area contributed by atoms with Crippen LogP contribution < -0.4 is 5.32 Å². The average Bonchev–Trinajstić information content (AvgIpc) is 3.49. The fourth-order valence-corrected chi connectivity index (χ4v) is 5.21. The Kier molecular flexibility index (Phi) is 5.55. The molecule has 3 aliphatic rings. The zero-order valence-corrected chi connectivity index (χ0v) is 18.3. The maximum Gasteiger partial charge on any atom is 0.255 e. The number of nitrogens with zero attached hydrogens (tertiary/aromatic N) is 1. The van der Waals surface area contributed by atoms with Crippen molar-refractivity contribution in [1.82, 2.24) is 4.90 Å². The van der Waals surface area contributed by atoms with Gasteiger partial charge >= 0.3 is 0 Å². The van der Waals surface area contributed by atoms with E-state index in [2.05, 4.69) is 12.2 Å². The summed E-state index contributed by atoms with van der Waals surface area (Å²) >= 11 is 0. The van der Waals surface area contributed by atoms with Crippen molar-refractivity contribution in [2.75, 3.05) is 5.32 Å². The molecule has 4 unspecified atom stereocenters. The maximum atomic E-state index is 12.8. The lowest BCUT2D eigenvalue weighted by molar-refractivity contribution is -0.143. The molecule has 5 rings (SSSR count). The second-order valence-electron chi connectivity index (χ2n) is 9.06. The summed E-state index contributed by atoms with van der Waals surface area (Å²) < 4.78 is 5.78. The number of anilines is 1. The molecular formula is C26H28N2O4. The fourth-order valence-electron chi connectivity index (χ4n) is 5.21. The molecule has 3 fully saturated rings. The van der Waals surface area contributed by atoms with Crippen LogP contribution in [-0.2, 0) is 27.3 Å². The van der Waals surface area contributed by atoms with Gasteiger partial charge in [-0.1, -0.05) is 37.6 Å². The van der Waals surface area contributed by atoms with E-state index in [-0.39, 0.29) is 48.3 Å². The van der Waals surface area contributed by atoms with Gasteiger partial charge in [0.05, 0.1) is 30.6 Å². The zero-order valence-electron chi connectivity index (χ0n) is 18.3. The van der Waals surface area contributed by atoms with Crippen molar-refractivity contribution in [2.45, 2.75) is 57.8 Å². The van der Waals surface area contributed by atoms with Crippen LogP contribution in [0.1, 0.15) is 54.1 Å². The van der Waals surface area contributed by atoms with Gasteiger partial charge in [-0.3, -0.25) is 19.3 Å². The van der Waals surface area contributed by atoms with Crippen LogP contribution in [0.4, 0.5) is 5.69 Å². The zero-order chi connectivity index (χ0) is 22.2. The first-order chi connectivity index (χ1) is 15.5. The molecule has 1 N–H and O–H groups in total. The molecule has 2 aromatic carbocycles. The van der Waals surface area contributed by atoms with Crippen LogP contribution in [0.5, 0.6) is 0 Å². The number of imide groups is 1. The number of fused-ring (bicyclic) bond motifs is 5. The lowest BCUT2D eigenvalue weighted by Crippen LogP contribution is -2.33. The summed E-state index contributed by atoms with van der Waals surface area (Å²) in [5.74, 6) is -1.03. The SMILES string of the molecule is CCCCc1ccc(NC(=O)c2ccc(CN3C(=O)C4C5CCC(O5)C4C3=O)cc2)cc1. The lowest BCUT2D eigenvalue weighted by Gasteiger charge is -2.17. The van der Waals surface area contributed by atoms with Crippen molar-refractivity contribution in [3.8, 4) is 0 Å². The first-order valence-corrected chi connectivity index (χ1v) is 11.5. The highest BCUT2D eigenvalue weighted by atomic mass is 16.5. The second kappa shape index (κ2) is 8.51. The summed E-state index contributed by atoms with van der Waals surface area (Å²) in [5.41, 5.74) is 3.39. The molecule has 0 aromatic heterocycles. The van der Waals surface area contributed by atoms with Crippen LogP contribution in [0.2, 0.25) is 0 Å². The molecule has 4 atom stereocenters. The van der Waals surface area contributed by atoms with Gasteiger partial charge in [0.25, 0.3) is 5.91 Å². The van der Waals surface area contributed by atoms with E-state index >= 15 is 0 Å². The number of amides is 3. The molecule has 2 aromatic rings. The van der Waals surface area contributed by atoms with Gasteiger partial charge in [-0.05, 0) is 61.1 Å². The number of hydrogen-bond acceptors (Lipinski definition) is 4. The highest BCUT2D eigenvalue weighted by Crippen LogP contribution is 2.48. The molecule has 3 saturated heterocycles. The quantitative estimate of drug-likeness (QED) is 0.673. The summed E-state index contributed by atoms with van der Waals surface area (Å²) in [5, 5.41) is 2.92. The smallest absolute Gasteiger partial charge is 0.255 e. The molecule has 0 aliphatic carbocycles. The first kappa shape index (κ1) is 20.9. The highest BCUT2D eigenvalue weighted by molar-refractivity contribution is 6.06. The number of aryl methyl sites for hydroxylation is 1. The molecule has 0 saturated carbocycles. The summed E-state index contributed by atoms with van der Waals surface area (Å²) in [6.07, 6.45) is 4.89. The molecule has 3 aliphatic heterocycles. The minimum Gasteiger partial charge on any atom is -0.373 e. The van der Waals surface area contributed by atoms with Gasteiger partial charge in [0.15, 0.2) is 0 Å². The Morgan fingerprint density at radius 1 is 0.938 bits per heavy atom. The van der Waals surface area contributed by atoms with Crippen LogP contribution in [0, 0.1) is 11.8 Å². The first-order valence-electron chi connectivity index (χ1n) is 11.5. The summed E-state index contributed by atoms with van der Waals surface area (Å²) in [6.45, 7) is 2.41. The van der Waals surface area contributed by atoms with Crippen LogP contribution in [0.3, 0.4) is 0 Å². The molecule has 32 heavy (non-hydrogen) atoms. The van der Waals surface area contributed by atoms with E-state index in [1.807, 2.05) is 36.4 Å². The van der Waals surface area contributed by atoms with E-state index in [9.17, 15) is 14.4 Å². The van der Waals surface area contributed by atoms with Crippen molar-refractivity contribution in [3.05, 3.63) is 65.2 Å². The predicted octanol–water partition coefficient (Wildman–Crippen LogP) is 3.94. The van der Waals surface area contributed by atoms with E-state index in [0.717, 1.165) is 43.4 Å². The van der Waals surface area contributed by atoms with Crippen molar-refractivity contribution in [2.24, 2.45) is 11.8 Å². The standard InChI is InChI=1S/C26H28N2O4/c1-2-3-4-16-7-11-19(12-8-16)27-24(29)18-9-5-17(6-10-18)15-28-25(30)22-20-13-14-21(32-20)23(22)26(28)31/h5-12,20-23H,2-4,13-15H2,1H3,(H,27,29). The predicted molar refractivity (Wildman–Crippen MR) is 120 cm³/mol. The van der Waals surface area contributed by atoms with Gasteiger partial charge in [-0.15, -0.1) is 0 Å². The van der Waals surface area contributed by atoms with Crippen LogP contribution in [0.25, 0.3) is 0 Å². The fraction of sp³-hybridized carbons (Fsp3) is 0.423. The largest absolute Gasteiger partial charge is 0.373 e.